The molecule has 1 N–H and O–H groups in total. The molecular weight excluding hydrogens is 359 g/mol. The minimum atomic E-state index is -5.71. The summed E-state index contributed by atoms with van der Waals surface area (Å²) in [6.07, 6.45) is 3.42. The first-order valence-electron chi connectivity index (χ1n) is 7.03. The second-order valence-corrected chi connectivity index (χ2v) is 6.75. The lowest BCUT2D eigenvalue weighted by Crippen LogP contribution is -2.28. The van der Waals surface area contributed by atoms with E-state index in [4.69, 9.17) is 0 Å². The first-order chi connectivity index (χ1) is 11.5. The zero-order chi connectivity index (χ0) is 18.8. The molecule has 0 atom stereocenters. The monoisotopic (exact) mass is 375 g/mol. The fourth-order valence-electron chi connectivity index (χ4n) is 1.98. The summed E-state index contributed by atoms with van der Waals surface area (Å²) in [7, 11) is -2.17. The normalized spacial score (nSPS) is 13.1. The Balaban J connectivity index is 2.41. The average molecular weight is 375 g/mol. The SMILES string of the molecule is CNN(C)/C=C(\C)c1cnc2ccc(OS(=O)(=O)C(F)(F)F)cc2c1. The van der Waals surface area contributed by atoms with E-state index in [1.54, 1.807) is 37.6 Å². The molecule has 6 nitrogen and oxygen atoms in total. The number of fused-ring (bicyclic) bond motifs is 1. The van der Waals surface area contributed by atoms with Gasteiger partial charge in [-0.1, -0.05) is 0 Å². The second kappa shape index (κ2) is 6.89. The van der Waals surface area contributed by atoms with E-state index in [2.05, 4.69) is 14.6 Å². The number of halogens is 3. The van der Waals surface area contributed by atoms with Gasteiger partial charge in [0.25, 0.3) is 0 Å². The van der Waals surface area contributed by atoms with E-state index in [0.29, 0.717) is 10.9 Å². The van der Waals surface area contributed by atoms with Gasteiger partial charge < -0.3 is 9.19 Å². The van der Waals surface area contributed by atoms with Crippen LogP contribution in [0.25, 0.3) is 16.5 Å². The molecule has 1 aromatic carbocycles. The van der Waals surface area contributed by atoms with Gasteiger partial charge in [0, 0.05) is 31.9 Å². The molecule has 0 aliphatic rings. The molecule has 0 saturated carbocycles. The predicted molar refractivity (Wildman–Crippen MR) is 87.8 cm³/mol. The summed E-state index contributed by atoms with van der Waals surface area (Å²) in [6.45, 7) is 1.84. The van der Waals surface area contributed by atoms with Gasteiger partial charge in [-0.05, 0) is 42.3 Å². The van der Waals surface area contributed by atoms with Gasteiger partial charge in [0.2, 0.25) is 0 Å². The Bertz CT molecular complexity index is 911. The van der Waals surface area contributed by atoms with Crippen LogP contribution in [-0.2, 0) is 10.1 Å². The van der Waals surface area contributed by atoms with Crippen molar-refractivity contribution in [2.24, 2.45) is 0 Å². The Morgan fingerprint density at radius 2 is 2.00 bits per heavy atom. The van der Waals surface area contributed by atoms with Gasteiger partial charge in [0.05, 0.1) is 5.52 Å². The molecule has 136 valence electrons. The standard InChI is InChI=1S/C15H16F3N3O3S/c1-10(9-21(3)19-2)12-6-11-7-13(4-5-14(11)20-8-12)24-25(22,23)15(16,17)18/h4-9,19H,1-3H3/b10-9+. The van der Waals surface area contributed by atoms with Gasteiger partial charge >= 0.3 is 15.6 Å². The molecule has 1 heterocycles. The summed E-state index contributed by atoms with van der Waals surface area (Å²) in [5.41, 5.74) is -0.521. The van der Waals surface area contributed by atoms with E-state index in [1.807, 2.05) is 6.92 Å². The molecule has 0 amide bonds. The van der Waals surface area contributed by atoms with Crippen molar-refractivity contribution in [2.75, 3.05) is 14.1 Å². The highest BCUT2D eigenvalue weighted by Gasteiger charge is 2.48. The van der Waals surface area contributed by atoms with Gasteiger partial charge in [0.15, 0.2) is 0 Å². The van der Waals surface area contributed by atoms with E-state index in [9.17, 15) is 21.6 Å². The maximum Gasteiger partial charge on any atom is 0.534 e. The van der Waals surface area contributed by atoms with Crippen LogP contribution < -0.4 is 9.61 Å². The summed E-state index contributed by atoms with van der Waals surface area (Å²) >= 11 is 0. The first kappa shape index (κ1) is 19.0. The molecule has 0 unspecified atom stereocenters. The number of allylic oxidation sites excluding steroid dienone is 1. The summed E-state index contributed by atoms with van der Waals surface area (Å²) in [6, 6.07) is 5.39. The smallest absolute Gasteiger partial charge is 0.376 e. The third kappa shape index (κ3) is 4.40. The third-order valence-electron chi connectivity index (χ3n) is 3.34. The van der Waals surface area contributed by atoms with Crippen LogP contribution in [0.1, 0.15) is 12.5 Å². The van der Waals surface area contributed by atoms with E-state index in [1.165, 1.54) is 12.1 Å². The lowest BCUT2D eigenvalue weighted by atomic mass is 10.1. The molecular formula is C15H16F3N3O3S. The largest absolute Gasteiger partial charge is 0.534 e. The topological polar surface area (TPSA) is 71.5 Å². The molecule has 2 rings (SSSR count). The Morgan fingerprint density at radius 1 is 1.32 bits per heavy atom. The molecule has 0 radical (unpaired) electrons. The second-order valence-electron chi connectivity index (χ2n) is 5.21. The van der Waals surface area contributed by atoms with E-state index in [-0.39, 0.29) is 0 Å². The maximum atomic E-state index is 12.4. The highest BCUT2D eigenvalue weighted by molar-refractivity contribution is 7.88. The number of hydrazine groups is 1. The number of nitrogens with one attached hydrogen (secondary N) is 1. The lowest BCUT2D eigenvalue weighted by molar-refractivity contribution is -0.0500. The lowest BCUT2D eigenvalue weighted by Gasteiger charge is -2.14. The molecule has 0 aliphatic carbocycles. The Morgan fingerprint density at radius 3 is 2.60 bits per heavy atom. The van der Waals surface area contributed by atoms with Crippen LogP contribution in [0, 0.1) is 0 Å². The van der Waals surface area contributed by atoms with Crippen LogP contribution >= 0.6 is 0 Å². The quantitative estimate of drug-likeness (QED) is 0.492. The van der Waals surface area contributed by atoms with Crippen molar-refractivity contribution in [3.05, 3.63) is 42.2 Å². The Labute approximate surface area is 143 Å². The van der Waals surface area contributed by atoms with Gasteiger partial charge in [-0.3, -0.25) is 4.98 Å². The van der Waals surface area contributed by atoms with E-state index < -0.39 is 21.4 Å². The molecule has 2 aromatic rings. The maximum absolute atomic E-state index is 12.4. The van der Waals surface area contributed by atoms with Crippen LogP contribution in [0.3, 0.4) is 0 Å². The van der Waals surface area contributed by atoms with Crippen LogP contribution in [0.5, 0.6) is 5.75 Å². The van der Waals surface area contributed by atoms with Crippen molar-refractivity contribution in [1.29, 1.82) is 0 Å². The summed E-state index contributed by atoms with van der Waals surface area (Å²) < 4.78 is 63.6. The molecule has 0 bridgehead atoms. The zero-order valence-electron chi connectivity index (χ0n) is 13.6. The zero-order valence-corrected chi connectivity index (χ0v) is 14.4. The number of aromatic nitrogens is 1. The van der Waals surface area contributed by atoms with Gasteiger partial charge in [-0.15, -0.1) is 0 Å². The average Bonchev–Trinajstić information content (AvgIpc) is 2.52. The van der Waals surface area contributed by atoms with Crippen molar-refractivity contribution in [3.63, 3.8) is 0 Å². The molecule has 1 aromatic heterocycles. The Kier molecular flexibility index (Phi) is 5.23. The van der Waals surface area contributed by atoms with Crippen LogP contribution in [-0.4, -0.2) is 38.0 Å². The number of nitrogens with zero attached hydrogens (tertiary/aromatic N) is 2. The highest BCUT2D eigenvalue weighted by Crippen LogP contribution is 2.29. The van der Waals surface area contributed by atoms with Gasteiger partial charge in [0.1, 0.15) is 5.75 Å². The minimum Gasteiger partial charge on any atom is -0.376 e. The molecule has 10 heteroatoms. The number of hydrogen-bond acceptors (Lipinski definition) is 6. The first-order valence-corrected chi connectivity index (χ1v) is 8.44. The van der Waals surface area contributed by atoms with E-state index in [0.717, 1.165) is 17.2 Å². The number of pyridine rings is 1. The Hall–Kier alpha value is -2.33. The molecule has 25 heavy (non-hydrogen) atoms. The van der Waals surface area contributed by atoms with Crippen molar-refractivity contribution in [3.8, 4) is 5.75 Å². The van der Waals surface area contributed by atoms with Gasteiger partial charge in [-0.25, -0.2) is 5.43 Å². The molecule has 0 spiro atoms. The van der Waals surface area contributed by atoms with Crippen LogP contribution in [0.2, 0.25) is 0 Å². The van der Waals surface area contributed by atoms with Crippen LogP contribution in [0.15, 0.2) is 36.7 Å². The van der Waals surface area contributed by atoms with Crippen molar-refractivity contribution in [1.82, 2.24) is 15.4 Å². The number of benzene rings is 1. The summed E-state index contributed by atoms with van der Waals surface area (Å²) in [4.78, 5) is 4.21. The number of rotatable bonds is 5. The third-order valence-corrected chi connectivity index (χ3v) is 4.32. The molecule has 0 saturated heterocycles. The highest BCUT2D eigenvalue weighted by atomic mass is 32.2. The van der Waals surface area contributed by atoms with E-state index >= 15 is 0 Å². The van der Waals surface area contributed by atoms with Crippen LogP contribution in [0.4, 0.5) is 13.2 Å². The fourth-order valence-corrected chi connectivity index (χ4v) is 2.43. The summed E-state index contributed by atoms with van der Waals surface area (Å²) in [5.74, 6) is -0.433. The summed E-state index contributed by atoms with van der Waals surface area (Å²) in [5, 5.41) is 2.17. The fraction of sp³-hybridized carbons (Fsp3) is 0.267. The predicted octanol–water partition coefficient (Wildman–Crippen LogP) is 2.89. The van der Waals surface area contributed by atoms with Crippen molar-refractivity contribution in [2.45, 2.75) is 12.4 Å². The molecule has 0 aliphatic heterocycles. The van der Waals surface area contributed by atoms with Crippen molar-refractivity contribution >= 4 is 26.6 Å². The van der Waals surface area contributed by atoms with Gasteiger partial charge in [-0.2, -0.15) is 21.6 Å². The molecule has 0 fully saturated rings. The minimum absolute atomic E-state index is 0.433. The number of alkyl halides is 3. The van der Waals surface area contributed by atoms with Crippen molar-refractivity contribution < 1.29 is 25.8 Å². The number of hydrogen-bond donors (Lipinski definition) is 1.